The van der Waals surface area contributed by atoms with Gasteiger partial charge in [-0.05, 0) is 49.4 Å². The second kappa shape index (κ2) is 5.02. The summed E-state index contributed by atoms with van der Waals surface area (Å²) in [4.78, 5) is 4.66. The van der Waals surface area contributed by atoms with Gasteiger partial charge in [-0.3, -0.25) is 0 Å². The first-order valence-electron chi connectivity index (χ1n) is 6.73. The first kappa shape index (κ1) is 12.2. The quantitative estimate of drug-likeness (QED) is 0.915. The van der Waals surface area contributed by atoms with Crippen LogP contribution < -0.4 is 10.5 Å². The molecule has 0 aliphatic heterocycles. The third-order valence-corrected chi connectivity index (χ3v) is 3.61. The van der Waals surface area contributed by atoms with E-state index < -0.39 is 0 Å². The summed E-state index contributed by atoms with van der Waals surface area (Å²) in [6.07, 6.45) is 3.34. The van der Waals surface area contributed by atoms with E-state index in [1.165, 1.54) is 17.7 Å². The number of hydrogen-bond donors (Lipinski definition) is 1. The van der Waals surface area contributed by atoms with E-state index in [1.54, 1.807) is 0 Å². The molecule has 0 saturated heterocycles. The molecule has 3 rings (SSSR count). The first-order valence-corrected chi connectivity index (χ1v) is 6.73. The van der Waals surface area contributed by atoms with Crippen LogP contribution in [-0.4, -0.2) is 4.98 Å². The van der Waals surface area contributed by atoms with Gasteiger partial charge < -0.3 is 10.5 Å². The van der Waals surface area contributed by atoms with Crippen LogP contribution in [0.5, 0.6) is 11.6 Å². The van der Waals surface area contributed by atoms with Gasteiger partial charge in [-0.15, -0.1) is 0 Å². The van der Waals surface area contributed by atoms with Gasteiger partial charge in [0.1, 0.15) is 5.75 Å². The molecule has 0 spiro atoms. The van der Waals surface area contributed by atoms with Crippen LogP contribution in [0.3, 0.4) is 0 Å². The van der Waals surface area contributed by atoms with Gasteiger partial charge in [0, 0.05) is 17.8 Å². The lowest BCUT2D eigenvalue weighted by atomic mass is 10.1. The molecule has 2 N–H and O–H groups in total. The van der Waals surface area contributed by atoms with Gasteiger partial charge in [-0.25, -0.2) is 4.98 Å². The zero-order chi connectivity index (χ0) is 13.2. The molecule has 98 valence electrons. The van der Waals surface area contributed by atoms with E-state index in [9.17, 15) is 0 Å². The SMILES string of the molecule is Cc1ccccc1Oc1nc2c(cc1CN)CCC2. The molecule has 0 amide bonds. The van der Waals surface area contributed by atoms with Crippen molar-refractivity contribution in [3.63, 3.8) is 0 Å². The average molecular weight is 254 g/mol. The Morgan fingerprint density at radius 2 is 2.11 bits per heavy atom. The smallest absolute Gasteiger partial charge is 0.223 e. The molecule has 1 aromatic carbocycles. The Morgan fingerprint density at radius 3 is 2.89 bits per heavy atom. The van der Waals surface area contributed by atoms with Crippen molar-refractivity contribution < 1.29 is 4.74 Å². The lowest BCUT2D eigenvalue weighted by molar-refractivity contribution is 0.451. The Morgan fingerprint density at radius 1 is 1.26 bits per heavy atom. The van der Waals surface area contributed by atoms with Crippen molar-refractivity contribution in [1.82, 2.24) is 4.98 Å². The molecule has 3 heteroatoms. The fourth-order valence-electron chi connectivity index (χ4n) is 2.51. The maximum atomic E-state index is 5.97. The Balaban J connectivity index is 1.98. The zero-order valence-electron chi connectivity index (χ0n) is 11.1. The number of ether oxygens (including phenoxy) is 1. The van der Waals surface area contributed by atoms with E-state index in [0.29, 0.717) is 12.4 Å². The molecule has 2 aromatic rings. The summed E-state index contributed by atoms with van der Waals surface area (Å²) >= 11 is 0. The van der Waals surface area contributed by atoms with Crippen LogP contribution in [0.15, 0.2) is 30.3 Å². The van der Waals surface area contributed by atoms with Crippen LogP contribution in [0.25, 0.3) is 0 Å². The van der Waals surface area contributed by atoms with Crippen molar-refractivity contribution in [1.29, 1.82) is 0 Å². The molecular weight excluding hydrogens is 236 g/mol. The minimum Gasteiger partial charge on any atom is -0.438 e. The molecule has 0 fully saturated rings. The highest BCUT2D eigenvalue weighted by Gasteiger charge is 2.17. The topological polar surface area (TPSA) is 48.1 Å². The normalized spacial score (nSPS) is 13.4. The number of benzene rings is 1. The fourth-order valence-corrected chi connectivity index (χ4v) is 2.51. The minimum atomic E-state index is 0.460. The van der Waals surface area contributed by atoms with Gasteiger partial charge in [0.15, 0.2) is 0 Å². The number of aromatic nitrogens is 1. The maximum Gasteiger partial charge on any atom is 0.223 e. The first-order chi connectivity index (χ1) is 9.28. The Hall–Kier alpha value is -1.87. The van der Waals surface area contributed by atoms with Gasteiger partial charge in [-0.1, -0.05) is 18.2 Å². The number of fused-ring (bicyclic) bond motifs is 1. The molecule has 0 radical (unpaired) electrons. The Labute approximate surface area is 113 Å². The van der Waals surface area contributed by atoms with Crippen molar-refractivity contribution in [3.05, 3.63) is 52.7 Å². The van der Waals surface area contributed by atoms with E-state index in [-0.39, 0.29) is 0 Å². The van der Waals surface area contributed by atoms with Crippen LogP contribution in [0.2, 0.25) is 0 Å². The van der Waals surface area contributed by atoms with Crippen molar-refractivity contribution in [3.8, 4) is 11.6 Å². The lowest BCUT2D eigenvalue weighted by Crippen LogP contribution is -2.04. The standard InChI is InChI=1S/C16H18N2O/c1-11-5-2-3-8-15(11)19-16-13(10-17)9-12-6-4-7-14(12)18-16/h2-3,5,8-9H,4,6-7,10,17H2,1H3. The van der Waals surface area contributed by atoms with E-state index in [2.05, 4.69) is 11.1 Å². The van der Waals surface area contributed by atoms with Crippen molar-refractivity contribution in [2.24, 2.45) is 5.73 Å². The molecular formula is C16H18N2O. The highest BCUT2D eigenvalue weighted by molar-refractivity contribution is 5.41. The highest BCUT2D eigenvalue weighted by atomic mass is 16.5. The summed E-state index contributed by atoms with van der Waals surface area (Å²) in [5.74, 6) is 1.51. The highest BCUT2D eigenvalue weighted by Crippen LogP contribution is 2.30. The molecule has 1 aliphatic rings. The van der Waals surface area contributed by atoms with Gasteiger partial charge in [0.2, 0.25) is 5.88 Å². The van der Waals surface area contributed by atoms with Crippen molar-refractivity contribution in [2.75, 3.05) is 0 Å². The third kappa shape index (κ3) is 2.34. The van der Waals surface area contributed by atoms with Gasteiger partial charge >= 0.3 is 0 Å². The van der Waals surface area contributed by atoms with Gasteiger partial charge in [-0.2, -0.15) is 0 Å². The minimum absolute atomic E-state index is 0.460. The van der Waals surface area contributed by atoms with E-state index in [1.807, 2.05) is 31.2 Å². The number of nitrogens with two attached hydrogens (primary N) is 1. The molecule has 1 aromatic heterocycles. The number of rotatable bonds is 3. The summed E-state index contributed by atoms with van der Waals surface area (Å²) in [5, 5.41) is 0. The Kier molecular flexibility index (Phi) is 3.22. The van der Waals surface area contributed by atoms with Crippen LogP contribution in [-0.2, 0) is 19.4 Å². The number of para-hydroxylation sites is 1. The second-order valence-corrected chi connectivity index (χ2v) is 4.98. The molecule has 0 saturated carbocycles. The average Bonchev–Trinajstić information content (AvgIpc) is 2.87. The number of nitrogens with zero attached hydrogens (tertiary/aromatic N) is 1. The Bertz CT molecular complexity index is 608. The van der Waals surface area contributed by atoms with Crippen molar-refractivity contribution >= 4 is 0 Å². The molecule has 0 bridgehead atoms. The summed E-state index contributed by atoms with van der Waals surface area (Å²) in [6.45, 7) is 2.49. The predicted octanol–water partition coefficient (Wildman–Crippen LogP) is 3.13. The van der Waals surface area contributed by atoms with E-state index in [4.69, 9.17) is 10.5 Å². The molecule has 19 heavy (non-hydrogen) atoms. The van der Waals surface area contributed by atoms with Crippen molar-refractivity contribution in [2.45, 2.75) is 32.7 Å². The van der Waals surface area contributed by atoms with Gasteiger partial charge in [0.05, 0.1) is 0 Å². The summed E-state index contributed by atoms with van der Waals surface area (Å²) in [6, 6.07) is 10.1. The molecule has 0 atom stereocenters. The third-order valence-electron chi connectivity index (χ3n) is 3.61. The lowest BCUT2D eigenvalue weighted by Gasteiger charge is -2.12. The van der Waals surface area contributed by atoms with Crippen LogP contribution >= 0.6 is 0 Å². The predicted molar refractivity (Wildman–Crippen MR) is 75.4 cm³/mol. The summed E-state index contributed by atoms with van der Waals surface area (Å²) in [7, 11) is 0. The second-order valence-electron chi connectivity index (χ2n) is 4.98. The fraction of sp³-hybridized carbons (Fsp3) is 0.312. The van der Waals surface area contributed by atoms with E-state index >= 15 is 0 Å². The van der Waals surface area contributed by atoms with Crippen LogP contribution in [0, 0.1) is 6.92 Å². The van der Waals surface area contributed by atoms with Gasteiger partial charge in [0.25, 0.3) is 0 Å². The zero-order valence-corrected chi connectivity index (χ0v) is 11.1. The monoisotopic (exact) mass is 254 g/mol. The molecule has 1 heterocycles. The number of hydrogen-bond acceptors (Lipinski definition) is 3. The van der Waals surface area contributed by atoms with Crippen LogP contribution in [0.1, 0.15) is 28.8 Å². The number of aryl methyl sites for hydroxylation is 3. The van der Waals surface area contributed by atoms with Crippen LogP contribution in [0.4, 0.5) is 0 Å². The largest absolute Gasteiger partial charge is 0.438 e. The number of pyridine rings is 1. The van der Waals surface area contributed by atoms with E-state index in [0.717, 1.165) is 29.7 Å². The molecule has 0 unspecified atom stereocenters. The summed E-state index contributed by atoms with van der Waals surface area (Å²) in [5.41, 5.74) is 10.4. The maximum absolute atomic E-state index is 5.97. The summed E-state index contributed by atoms with van der Waals surface area (Å²) < 4.78 is 5.97. The molecule has 1 aliphatic carbocycles. The molecule has 3 nitrogen and oxygen atoms in total.